The number of Topliss-reactive ketones (excluding diaryl/α,β-unsaturated/α-hetero) is 1. The van der Waals surface area contributed by atoms with E-state index in [1.807, 2.05) is 47.8 Å². The van der Waals surface area contributed by atoms with Crippen LogP contribution in [-0.4, -0.2) is 16.5 Å². The van der Waals surface area contributed by atoms with Crippen molar-refractivity contribution in [3.05, 3.63) is 71.1 Å². The van der Waals surface area contributed by atoms with Crippen LogP contribution in [0.5, 0.6) is 0 Å². The van der Waals surface area contributed by atoms with Crippen LogP contribution in [0.25, 0.3) is 11.3 Å². The lowest BCUT2D eigenvalue weighted by atomic mass is 9.86. The molecule has 2 aromatic carbocycles. The van der Waals surface area contributed by atoms with Crippen LogP contribution in [0.2, 0.25) is 0 Å². The molecule has 0 radical (unpaired) electrons. The molecule has 25 heavy (non-hydrogen) atoms. The fourth-order valence-electron chi connectivity index (χ4n) is 2.43. The second kappa shape index (κ2) is 7.54. The zero-order valence-electron chi connectivity index (χ0n) is 14.7. The lowest BCUT2D eigenvalue weighted by Crippen LogP contribution is -2.11. The van der Waals surface area contributed by atoms with E-state index >= 15 is 0 Å². The minimum Gasteiger partial charge on any atom is -0.293 e. The zero-order valence-corrected chi connectivity index (χ0v) is 16.3. The third-order valence-corrected chi connectivity index (χ3v) is 5.97. The summed E-state index contributed by atoms with van der Waals surface area (Å²) in [4.78, 5) is 17.0. The largest absolute Gasteiger partial charge is 0.293 e. The molecule has 128 valence electrons. The van der Waals surface area contributed by atoms with E-state index < -0.39 is 0 Å². The van der Waals surface area contributed by atoms with Gasteiger partial charge in [0.25, 0.3) is 0 Å². The van der Waals surface area contributed by atoms with Gasteiger partial charge in [-0.25, -0.2) is 4.98 Å². The van der Waals surface area contributed by atoms with Crippen LogP contribution in [0, 0.1) is 0 Å². The quantitative estimate of drug-likeness (QED) is 0.404. The van der Waals surface area contributed by atoms with E-state index in [1.54, 1.807) is 11.3 Å². The van der Waals surface area contributed by atoms with Crippen molar-refractivity contribution in [1.29, 1.82) is 0 Å². The monoisotopic (exact) mass is 367 g/mol. The van der Waals surface area contributed by atoms with Crippen LogP contribution in [0.15, 0.2) is 64.3 Å². The molecule has 1 aromatic heterocycles. The van der Waals surface area contributed by atoms with Crippen molar-refractivity contribution >= 4 is 28.9 Å². The molecular weight excluding hydrogens is 346 g/mol. The Morgan fingerprint density at radius 1 is 1.04 bits per heavy atom. The average Bonchev–Trinajstić information content (AvgIpc) is 3.09. The molecule has 3 aromatic rings. The first kappa shape index (κ1) is 17.9. The molecule has 0 amide bonds. The molecule has 2 nitrogen and oxygen atoms in total. The highest BCUT2D eigenvalue weighted by Crippen LogP contribution is 2.29. The van der Waals surface area contributed by atoms with Crippen LogP contribution < -0.4 is 0 Å². The number of thioether (sulfide) groups is 1. The molecular formula is C21H21NOS2. The molecule has 0 fully saturated rings. The highest BCUT2D eigenvalue weighted by Gasteiger charge is 2.15. The maximum atomic E-state index is 12.4. The summed E-state index contributed by atoms with van der Waals surface area (Å²) in [5.41, 5.74) is 4.18. The highest BCUT2D eigenvalue weighted by molar-refractivity contribution is 8.01. The number of carbonyl (C=O) groups is 1. The van der Waals surface area contributed by atoms with Crippen LogP contribution in [0.1, 0.15) is 36.7 Å². The molecule has 1 heterocycles. The van der Waals surface area contributed by atoms with Gasteiger partial charge in [0.2, 0.25) is 0 Å². The molecule has 0 spiro atoms. The van der Waals surface area contributed by atoms with Crippen molar-refractivity contribution in [2.24, 2.45) is 0 Å². The predicted octanol–water partition coefficient (Wildman–Crippen LogP) is 6.08. The first-order valence-corrected chi connectivity index (χ1v) is 10.1. The number of benzene rings is 2. The first-order valence-electron chi connectivity index (χ1n) is 8.21. The summed E-state index contributed by atoms with van der Waals surface area (Å²) in [6.45, 7) is 6.52. The van der Waals surface area contributed by atoms with Crippen LogP contribution in [-0.2, 0) is 5.41 Å². The summed E-state index contributed by atoms with van der Waals surface area (Å²) in [6.07, 6.45) is 0. The molecule has 0 bridgehead atoms. The summed E-state index contributed by atoms with van der Waals surface area (Å²) in [6, 6.07) is 18.1. The second-order valence-corrected chi connectivity index (χ2v) is 8.98. The highest BCUT2D eigenvalue weighted by atomic mass is 32.2. The first-order chi connectivity index (χ1) is 11.9. The number of carbonyl (C=O) groups excluding carboxylic acids is 1. The van der Waals surface area contributed by atoms with Gasteiger partial charge in [0.15, 0.2) is 10.1 Å². The fraction of sp³-hybridized carbons (Fsp3) is 0.238. The van der Waals surface area contributed by atoms with Gasteiger partial charge in [-0.3, -0.25) is 4.79 Å². The molecule has 0 N–H and O–H groups in total. The smallest absolute Gasteiger partial charge is 0.173 e. The van der Waals surface area contributed by atoms with Gasteiger partial charge in [0, 0.05) is 16.5 Å². The number of aromatic nitrogens is 1. The van der Waals surface area contributed by atoms with Crippen molar-refractivity contribution in [3.8, 4) is 11.3 Å². The molecule has 0 unspecified atom stereocenters. The lowest BCUT2D eigenvalue weighted by Gasteiger charge is -2.18. The van der Waals surface area contributed by atoms with Gasteiger partial charge in [-0.15, -0.1) is 11.3 Å². The predicted molar refractivity (Wildman–Crippen MR) is 108 cm³/mol. The summed E-state index contributed by atoms with van der Waals surface area (Å²) < 4.78 is 0.929. The number of thiazole rings is 1. The Kier molecular flexibility index (Phi) is 5.40. The van der Waals surface area contributed by atoms with Gasteiger partial charge in [0.05, 0.1) is 11.4 Å². The molecule has 0 aliphatic heterocycles. The summed E-state index contributed by atoms with van der Waals surface area (Å²) >= 11 is 3.09. The van der Waals surface area contributed by atoms with Crippen LogP contribution in [0.4, 0.5) is 0 Å². The van der Waals surface area contributed by atoms with E-state index in [2.05, 4.69) is 37.9 Å². The third kappa shape index (κ3) is 4.59. The molecule has 0 atom stereocenters. The number of hydrogen-bond donors (Lipinski definition) is 0. The van der Waals surface area contributed by atoms with E-state index in [9.17, 15) is 4.79 Å². The molecule has 0 saturated heterocycles. The second-order valence-electron chi connectivity index (χ2n) is 6.90. The third-order valence-electron chi connectivity index (χ3n) is 3.95. The van der Waals surface area contributed by atoms with Crippen LogP contribution in [0.3, 0.4) is 0 Å². The van der Waals surface area contributed by atoms with E-state index in [1.165, 1.54) is 17.3 Å². The van der Waals surface area contributed by atoms with Gasteiger partial charge in [-0.1, -0.05) is 87.1 Å². The molecule has 3 rings (SSSR count). The SMILES string of the molecule is CC(C)(C)c1ccc(C(=O)CSc2nc(-c3ccccc3)cs2)cc1. The Bertz CT molecular complexity index is 846. The molecule has 0 aliphatic rings. The number of ketones is 1. The minimum absolute atomic E-state index is 0.102. The summed E-state index contributed by atoms with van der Waals surface area (Å²) in [5, 5.41) is 2.04. The maximum absolute atomic E-state index is 12.4. The Hall–Kier alpha value is -1.91. The van der Waals surface area contributed by atoms with E-state index in [0.717, 1.165) is 21.2 Å². The topological polar surface area (TPSA) is 30.0 Å². The van der Waals surface area contributed by atoms with E-state index in [0.29, 0.717) is 5.75 Å². The van der Waals surface area contributed by atoms with Crippen molar-refractivity contribution in [2.75, 3.05) is 5.75 Å². The van der Waals surface area contributed by atoms with Gasteiger partial charge >= 0.3 is 0 Å². The molecule has 4 heteroatoms. The Balaban J connectivity index is 1.62. The average molecular weight is 368 g/mol. The molecule has 0 aliphatic carbocycles. The van der Waals surface area contributed by atoms with Gasteiger partial charge < -0.3 is 0 Å². The van der Waals surface area contributed by atoms with Gasteiger partial charge in [-0.05, 0) is 11.0 Å². The summed E-state index contributed by atoms with van der Waals surface area (Å²) in [5.74, 6) is 0.554. The van der Waals surface area contributed by atoms with Crippen molar-refractivity contribution in [1.82, 2.24) is 4.98 Å². The molecule has 0 saturated carbocycles. The number of rotatable bonds is 5. The Morgan fingerprint density at radius 3 is 2.36 bits per heavy atom. The Labute approximate surface area is 157 Å². The van der Waals surface area contributed by atoms with Gasteiger partial charge in [-0.2, -0.15) is 0 Å². The van der Waals surface area contributed by atoms with Crippen molar-refractivity contribution < 1.29 is 4.79 Å². The van der Waals surface area contributed by atoms with Crippen molar-refractivity contribution in [3.63, 3.8) is 0 Å². The maximum Gasteiger partial charge on any atom is 0.173 e. The van der Waals surface area contributed by atoms with E-state index in [-0.39, 0.29) is 11.2 Å². The normalized spacial score (nSPS) is 11.5. The number of hydrogen-bond acceptors (Lipinski definition) is 4. The standard InChI is InChI=1S/C21H21NOS2/c1-21(2,3)17-11-9-16(10-12-17)19(23)14-25-20-22-18(13-24-20)15-7-5-4-6-8-15/h4-13H,14H2,1-3H3. The number of nitrogens with zero attached hydrogens (tertiary/aromatic N) is 1. The van der Waals surface area contributed by atoms with Crippen molar-refractivity contribution in [2.45, 2.75) is 30.5 Å². The Morgan fingerprint density at radius 2 is 1.72 bits per heavy atom. The fourth-order valence-corrected chi connectivity index (χ4v) is 4.16. The lowest BCUT2D eigenvalue weighted by molar-refractivity contribution is 0.102. The minimum atomic E-state index is 0.102. The zero-order chi connectivity index (χ0) is 17.9. The summed E-state index contributed by atoms with van der Waals surface area (Å²) in [7, 11) is 0. The van der Waals surface area contributed by atoms with Crippen LogP contribution >= 0.6 is 23.1 Å². The van der Waals surface area contributed by atoms with Gasteiger partial charge in [0.1, 0.15) is 0 Å². The van der Waals surface area contributed by atoms with E-state index in [4.69, 9.17) is 0 Å².